The maximum atomic E-state index is 13.0. The van der Waals surface area contributed by atoms with Gasteiger partial charge in [0.25, 0.3) is 6.43 Å². The number of nitrogens with one attached hydrogen (secondary N) is 2. The molecule has 2 aromatic heterocycles. The van der Waals surface area contributed by atoms with Gasteiger partial charge in [0.2, 0.25) is 10.0 Å². The molecule has 196 valence electrons. The molecule has 1 fully saturated rings. The Balaban J connectivity index is 0.000000454. The molecule has 4 rings (SSSR count). The summed E-state index contributed by atoms with van der Waals surface area (Å²) in [7, 11) is -3.77. The van der Waals surface area contributed by atoms with Crippen LogP contribution in [0.5, 0.6) is 0 Å². The molecule has 8 nitrogen and oxygen atoms in total. The first-order valence-electron chi connectivity index (χ1n) is 10.7. The van der Waals surface area contributed by atoms with Gasteiger partial charge in [0.05, 0.1) is 16.7 Å². The van der Waals surface area contributed by atoms with Crippen LogP contribution in [0.15, 0.2) is 47.5 Å². The van der Waals surface area contributed by atoms with E-state index in [2.05, 4.69) is 14.7 Å². The molecule has 2 heterocycles. The molecule has 4 N–H and O–H groups in total. The molecular weight excluding hydrogens is 513 g/mol. The number of carbonyl (C=O) groups is 1. The molecule has 14 heteroatoms. The molecule has 0 spiro atoms. The molecule has 0 amide bonds. The van der Waals surface area contributed by atoms with E-state index in [-0.39, 0.29) is 10.6 Å². The van der Waals surface area contributed by atoms with Crippen LogP contribution in [0, 0.1) is 0 Å². The van der Waals surface area contributed by atoms with E-state index in [4.69, 9.17) is 9.90 Å². The molecule has 1 saturated carbocycles. The van der Waals surface area contributed by atoms with Gasteiger partial charge in [0.15, 0.2) is 0 Å². The molecule has 0 aliphatic heterocycles. The summed E-state index contributed by atoms with van der Waals surface area (Å²) < 4.78 is 85.6. The number of carboxylic acids is 1. The first-order valence-corrected chi connectivity index (χ1v) is 12.1. The number of alkyl halides is 5. The highest BCUT2D eigenvalue weighted by Crippen LogP contribution is 2.31. The first kappa shape index (κ1) is 27.5. The molecule has 1 aliphatic carbocycles. The summed E-state index contributed by atoms with van der Waals surface area (Å²) in [6, 6.07) is 8.79. The number of halogens is 5. The van der Waals surface area contributed by atoms with Gasteiger partial charge in [-0.15, -0.1) is 0 Å². The van der Waals surface area contributed by atoms with E-state index < -0.39 is 40.7 Å². The molecule has 0 unspecified atom stereocenters. The standard InChI is InChI=1S/C20H21F2N3O3S.C2HF3O2/c21-19(22)17-11-15-14(9-10-23-20(15)24-17)12-5-7-13(8-6-12)29(27,28)25-16-3-1-2-4-18(16)26;3-2(4,5)1(6)7/h5-11,16,18-19,25-26H,1-4H2,(H,23,24);(H,6,7)/t16-,18-;/m0./s1. The minimum Gasteiger partial charge on any atom is -0.475 e. The van der Waals surface area contributed by atoms with Gasteiger partial charge in [-0.2, -0.15) is 13.2 Å². The van der Waals surface area contributed by atoms with E-state index in [0.717, 1.165) is 12.8 Å². The Bertz CT molecular complexity index is 1310. The number of aliphatic hydroxyl groups is 1. The van der Waals surface area contributed by atoms with Crippen LogP contribution in [-0.2, 0) is 14.8 Å². The van der Waals surface area contributed by atoms with Crippen LogP contribution < -0.4 is 4.72 Å². The summed E-state index contributed by atoms with van der Waals surface area (Å²) in [6.07, 6.45) is -3.93. The molecule has 2 atom stereocenters. The van der Waals surface area contributed by atoms with Crippen LogP contribution in [0.3, 0.4) is 0 Å². The van der Waals surface area contributed by atoms with Gasteiger partial charge in [0.1, 0.15) is 5.65 Å². The largest absolute Gasteiger partial charge is 0.490 e. The number of aromatic nitrogens is 2. The molecule has 3 aromatic rings. The highest BCUT2D eigenvalue weighted by atomic mass is 32.2. The first-order chi connectivity index (χ1) is 16.8. The number of fused-ring (bicyclic) bond motifs is 1. The summed E-state index contributed by atoms with van der Waals surface area (Å²) in [5, 5.41) is 17.7. The fraction of sp³-hybridized carbons (Fsp3) is 0.364. The minimum absolute atomic E-state index is 0.0895. The van der Waals surface area contributed by atoms with Gasteiger partial charge in [-0.05, 0) is 48.2 Å². The van der Waals surface area contributed by atoms with Crippen molar-refractivity contribution in [1.29, 1.82) is 0 Å². The number of aliphatic hydroxyl groups excluding tert-OH is 1. The van der Waals surface area contributed by atoms with Gasteiger partial charge in [-0.25, -0.2) is 31.7 Å². The number of rotatable bonds is 5. The number of benzene rings is 1. The second-order valence-corrected chi connectivity index (χ2v) is 9.77. The number of hydrogen-bond donors (Lipinski definition) is 4. The number of aliphatic carboxylic acids is 1. The number of nitrogens with zero attached hydrogens (tertiary/aromatic N) is 1. The molecule has 36 heavy (non-hydrogen) atoms. The van der Waals surface area contributed by atoms with Crippen molar-refractivity contribution in [2.75, 3.05) is 0 Å². The summed E-state index contributed by atoms with van der Waals surface area (Å²) >= 11 is 0. The lowest BCUT2D eigenvalue weighted by molar-refractivity contribution is -0.192. The zero-order valence-electron chi connectivity index (χ0n) is 18.5. The number of hydrogen-bond acceptors (Lipinski definition) is 5. The minimum atomic E-state index is -5.08. The van der Waals surface area contributed by atoms with Gasteiger partial charge >= 0.3 is 12.1 Å². The lowest BCUT2D eigenvalue weighted by Gasteiger charge is -2.28. The maximum Gasteiger partial charge on any atom is 0.490 e. The van der Waals surface area contributed by atoms with Crippen molar-refractivity contribution in [3.63, 3.8) is 0 Å². The third-order valence-electron chi connectivity index (χ3n) is 5.54. The Labute approximate surface area is 202 Å². The summed E-state index contributed by atoms with van der Waals surface area (Å²) in [6.45, 7) is 0. The van der Waals surface area contributed by atoms with Crippen LogP contribution in [0.25, 0.3) is 22.2 Å². The van der Waals surface area contributed by atoms with Crippen molar-refractivity contribution in [3.8, 4) is 11.1 Å². The zero-order chi connectivity index (χ0) is 26.7. The van der Waals surface area contributed by atoms with Crippen LogP contribution in [0.4, 0.5) is 22.0 Å². The Morgan fingerprint density at radius 2 is 1.72 bits per heavy atom. The van der Waals surface area contributed by atoms with Crippen LogP contribution >= 0.6 is 0 Å². The number of sulfonamides is 1. The lowest BCUT2D eigenvalue weighted by atomic mass is 9.93. The zero-order valence-corrected chi connectivity index (χ0v) is 19.3. The van der Waals surface area contributed by atoms with Crippen molar-refractivity contribution in [3.05, 3.63) is 48.3 Å². The number of pyridine rings is 1. The summed E-state index contributed by atoms with van der Waals surface area (Å²) in [5.74, 6) is -2.76. The number of aromatic amines is 1. The number of carboxylic acid groups (broad SMARTS) is 1. The third kappa shape index (κ3) is 6.56. The Morgan fingerprint density at radius 3 is 2.28 bits per heavy atom. The van der Waals surface area contributed by atoms with Gasteiger partial charge in [-0.3, -0.25) is 0 Å². The predicted octanol–water partition coefficient (Wildman–Crippen LogP) is 4.38. The second kappa shape index (κ2) is 10.9. The molecule has 1 aromatic carbocycles. The molecule has 0 saturated heterocycles. The Morgan fingerprint density at radius 1 is 1.11 bits per heavy atom. The van der Waals surface area contributed by atoms with E-state index in [1.165, 1.54) is 24.4 Å². The molecule has 0 bridgehead atoms. The van der Waals surface area contributed by atoms with Crippen molar-refractivity contribution in [1.82, 2.24) is 14.7 Å². The smallest absolute Gasteiger partial charge is 0.475 e. The number of H-pyrrole nitrogens is 1. The maximum absolute atomic E-state index is 13.0. The molecule has 0 radical (unpaired) electrons. The van der Waals surface area contributed by atoms with Crippen molar-refractivity contribution in [2.45, 2.75) is 55.3 Å². The van der Waals surface area contributed by atoms with E-state index in [0.29, 0.717) is 35.0 Å². The molecule has 1 aliphatic rings. The van der Waals surface area contributed by atoms with Crippen LogP contribution in [-0.4, -0.2) is 52.9 Å². The fourth-order valence-electron chi connectivity index (χ4n) is 3.75. The summed E-state index contributed by atoms with van der Waals surface area (Å²) in [4.78, 5) is 15.7. The lowest BCUT2D eigenvalue weighted by Crippen LogP contribution is -2.44. The average molecular weight is 535 g/mol. The van der Waals surface area contributed by atoms with Crippen LogP contribution in [0.1, 0.15) is 37.8 Å². The molecular formula is C22H22F5N3O5S. The van der Waals surface area contributed by atoms with Gasteiger partial charge in [0, 0.05) is 17.6 Å². The van der Waals surface area contributed by atoms with E-state index >= 15 is 0 Å². The topological polar surface area (TPSA) is 132 Å². The van der Waals surface area contributed by atoms with E-state index in [9.17, 15) is 35.5 Å². The van der Waals surface area contributed by atoms with Crippen molar-refractivity contribution < 1.29 is 45.4 Å². The second-order valence-electron chi connectivity index (χ2n) is 8.05. The third-order valence-corrected chi connectivity index (χ3v) is 7.05. The fourth-order valence-corrected chi connectivity index (χ4v) is 5.05. The van der Waals surface area contributed by atoms with Crippen molar-refractivity contribution >= 4 is 27.0 Å². The highest BCUT2D eigenvalue weighted by molar-refractivity contribution is 7.89. The Hall–Kier alpha value is -3.10. The predicted molar refractivity (Wildman–Crippen MR) is 119 cm³/mol. The van der Waals surface area contributed by atoms with E-state index in [1.807, 2.05) is 0 Å². The normalized spacial score (nSPS) is 18.6. The van der Waals surface area contributed by atoms with Gasteiger partial charge < -0.3 is 15.2 Å². The SMILES string of the molecule is O=C(O)C(F)(F)F.O=S(=O)(N[C@H]1CCCC[C@@H]1O)c1ccc(-c2ccnc3[nH]c(C(F)F)cc23)cc1. The van der Waals surface area contributed by atoms with Crippen LogP contribution in [0.2, 0.25) is 0 Å². The van der Waals surface area contributed by atoms with Crippen molar-refractivity contribution in [2.24, 2.45) is 0 Å². The average Bonchev–Trinajstić information content (AvgIpc) is 3.25. The Kier molecular flexibility index (Phi) is 8.31. The highest BCUT2D eigenvalue weighted by Gasteiger charge is 2.38. The van der Waals surface area contributed by atoms with E-state index in [1.54, 1.807) is 18.2 Å². The monoisotopic (exact) mass is 535 g/mol. The summed E-state index contributed by atoms with van der Waals surface area (Å²) in [5.41, 5.74) is 1.50. The van der Waals surface area contributed by atoms with Gasteiger partial charge in [-0.1, -0.05) is 25.0 Å². The quantitative estimate of drug-likeness (QED) is 0.359.